The van der Waals surface area contributed by atoms with Crippen molar-refractivity contribution >= 4 is 5.91 Å². The molecule has 0 radical (unpaired) electrons. The SMILES string of the molecule is CN1OC2(CCN(Cc3ccccn3)CC2)CC1=O. The van der Waals surface area contributed by atoms with Gasteiger partial charge in [0, 0.05) is 32.9 Å². The summed E-state index contributed by atoms with van der Waals surface area (Å²) in [5.41, 5.74) is 0.853. The van der Waals surface area contributed by atoms with Crippen molar-refractivity contribution in [1.82, 2.24) is 14.9 Å². The molecule has 1 spiro atoms. The van der Waals surface area contributed by atoms with E-state index in [9.17, 15) is 4.79 Å². The first-order valence-corrected chi connectivity index (χ1v) is 6.75. The number of nitrogens with zero attached hydrogens (tertiary/aromatic N) is 3. The highest BCUT2D eigenvalue weighted by molar-refractivity contribution is 5.77. The summed E-state index contributed by atoms with van der Waals surface area (Å²) in [7, 11) is 1.71. The van der Waals surface area contributed by atoms with Crippen molar-refractivity contribution in [3.05, 3.63) is 30.1 Å². The van der Waals surface area contributed by atoms with E-state index in [4.69, 9.17) is 4.84 Å². The van der Waals surface area contributed by atoms with E-state index in [1.165, 1.54) is 5.06 Å². The maximum Gasteiger partial charge on any atom is 0.248 e. The van der Waals surface area contributed by atoms with E-state index in [0.29, 0.717) is 6.42 Å². The van der Waals surface area contributed by atoms with Crippen LogP contribution in [0.5, 0.6) is 0 Å². The van der Waals surface area contributed by atoms with Gasteiger partial charge in [-0.2, -0.15) is 0 Å². The third kappa shape index (κ3) is 2.62. The molecule has 0 saturated carbocycles. The Balaban J connectivity index is 1.57. The van der Waals surface area contributed by atoms with Crippen LogP contribution in [0.1, 0.15) is 25.0 Å². The van der Waals surface area contributed by atoms with Crippen LogP contribution in [0.4, 0.5) is 0 Å². The number of rotatable bonds is 2. The highest BCUT2D eigenvalue weighted by atomic mass is 16.7. The number of amides is 1. The molecule has 1 aromatic heterocycles. The predicted molar refractivity (Wildman–Crippen MR) is 70.0 cm³/mol. The lowest BCUT2D eigenvalue weighted by Crippen LogP contribution is -2.44. The lowest BCUT2D eigenvalue weighted by atomic mass is 9.88. The van der Waals surface area contributed by atoms with Crippen LogP contribution in [0.25, 0.3) is 0 Å². The first-order chi connectivity index (χ1) is 9.17. The molecule has 1 amide bonds. The summed E-state index contributed by atoms with van der Waals surface area (Å²) in [6.07, 6.45) is 4.18. The largest absolute Gasteiger partial charge is 0.297 e. The molecule has 0 atom stereocenters. The molecule has 5 heteroatoms. The minimum atomic E-state index is -0.244. The van der Waals surface area contributed by atoms with Gasteiger partial charge in [-0.1, -0.05) is 6.07 Å². The first kappa shape index (κ1) is 12.6. The van der Waals surface area contributed by atoms with Crippen LogP contribution < -0.4 is 0 Å². The van der Waals surface area contributed by atoms with Gasteiger partial charge in [0.05, 0.1) is 12.1 Å². The molecule has 0 bridgehead atoms. The summed E-state index contributed by atoms with van der Waals surface area (Å²) >= 11 is 0. The van der Waals surface area contributed by atoms with Crippen molar-refractivity contribution in [2.75, 3.05) is 20.1 Å². The lowest BCUT2D eigenvalue weighted by molar-refractivity contribution is -0.199. The third-order valence-corrected chi connectivity index (χ3v) is 4.03. The maximum absolute atomic E-state index is 11.6. The van der Waals surface area contributed by atoms with Crippen molar-refractivity contribution in [3.8, 4) is 0 Å². The minimum Gasteiger partial charge on any atom is -0.297 e. The van der Waals surface area contributed by atoms with Gasteiger partial charge in [0.25, 0.3) is 0 Å². The number of hydrogen-bond donors (Lipinski definition) is 0. The van der Waals surface area contributed by atoms with Crippen LogP contribution in [-0.4, -0.2) is 46.6 Å². The Morgan fingerprint density at radius 2 is 2.16 bits per heavy atom. The Morgan fingerprint density at radius 1 is 1.37 bits per heavy atom. The average Bonchev–Trinajstić information content (AvgIpc) is 2.69. The molecular weight excluding hydrogens is 242 g/mol. The van der Waals surface area contributed by atoms with E-state index >= 15 is 0 Å². The van der Waals surface area contributed by atoms with Gasteiger partial charge in [-0.05, 0) is 25.0 Å². The third-order valence-electron chi connectivity index (χ3n) is 4.03. The predicted octanol–water partition coefficient (Wildman–Crippen LogP) is 1.21. The second kappa shape index (κ2) is 4.90. The van der Waals surface area contributed by atoms with E-state index in [0.717, 1.165) is 38.2 Å². The molecule has 2 fully saturated rings. The Labute approximate surface area is 113 Å². The second-order valence-electron chi connectivity index (χ2n) is 5.44. The van der Waals surface area contributed by atoms with E-state index in [1.807, 2.05) is 24.4 Å². The number of hydroxylamine groups is 2. The summed E-state index contributed by atoms with van der Waals surface area (Å²) in [5, 5.41) is 1.40. The molecule has 102 valence electrons. The van der Waals surface area contributed by atoms with Crippen molar-refractivity contribution < 1.29 is 9.63 Å². The molecule has 2 aliphatic rings. The Bertz CT molecular complexity index is 455. The smallest absolute Gasteiger partial charge is 0.248 e. The van der Waals surface area contributed by atoms with Crippen molar-refractivity contribution in [2.24, 2.45) is 0 Å². The first-order valence-electron chi connectivity index (χ1n) is 6.75. The summed E-state index contributed by atoms with van der Waals surface area (Å²) < 4.78 is 0. The second-order valence-corrected chi connectivity index (χ2v) is 5.44. The molecule has 0 aliphatic carbocycles. The Morgan fingerprint density at radius 3 is 2.74 bits per heavy atom. The van der Waals surface area contributed by atoms with Crippen LogP contribution in [0.2, 0.25) is 0 Å². The summed E-state index contributed by atoms with van der Waals surface area (Å²) in [5.74, 6) is 0.0955. The van der Waals surface area contributed by atoms with Gasteiger partial charge >= 0.3 is 0 Å². The zero-order valence-electron chi connectivity index (χ0n) is 11.2. The molecule has 1 aromatic rings. The highest BCUT2D eigenvalue weighted by Crippen LogP contribution is 2.35. The van der Waals surface area contributed by atoms with E-state index in [2.05, 4.69) is 9.88 Å². The number of piperidine rings is 1. The summed E-state index contributed by atoms with van der Waals surface area (Å²) in [6.45, 7) is 2.79. The molecule has 3 rings (SSSR count). The number of hydrogen-bond acceptors (Lipinski definition) is 4. The maximum atomic E-state index is 11.6. The molecule has 0 N–H and O–H groups in total. The van der Waals surface area contributed by atoms with Gasteiger partial charge in [-0.3, -0.25) is 19.5 Å². The van der Waals surface area contributed by atoms with Crippen LogP contribution in [0, 0.1) is 0 Å². The summed E-state index contributed by atoms with van der Waals surface area (Å²) in [6, 6.07) is 6.00. The van der Waals surface area contributed by atoms with Crippen LogP contribution in [0.3, 0.4) is 0 Å². The zero-order valence-corrected chi connectivity index (χ0v) is 11.2. The van der Waals surface area contributed by atoms with Crippen LogP contribution >= 0.6 is 0 Å². The van der Waals surface area contributed by atoms with Crippen LogP contribution in [0.15, 0.2) is 24.4 Å². The average molecular weight is 261 g/mol. The van der Waals surface area contributed by atoms with Gasteiger partial charge in [0.15, 0.2) is 0 Å². The van der Waals surface area contributed by atoms with Crippen molar-refractivity contribution in [2.45, 2.75) is 31.4 Å². The van der Waals surface area contributed by atoms with Gasteiger partial charge in [0.1, 0.15) is 5.60 Å². The minimum absolute atomic E-state index is 0.0955. The van der Waals surface area contributed by atoms with Crippen molar-refractivity contribution in [1.29, 1.82) is 0 Å². The summed E-state index contributed by atoms with van der Waals surface area (Å²) in [4.78, 5) is 24.1. The van der Waals surface area contributed by atoms with Crippen LogP contribution in [-0.2, 0) is 16.2 Å². The molecule has 19 heavy (non-hydrogen) atoms. The topological polar surface area (TPSA) is 45.7 Å². The number of aromatic nitrogens is 1. The Kier molecular flexibility index (Phi) is 3.24. The van der Waals surface area contributed by atoms with Gasteiger partial charge in [-0.15, -0.1) is 0 Å². The number of carbonyl (C=O) groups is 1. The van der Waals surface area contributed by atoms with Gasteiger partial charge in [-0.25, -0.2) is 5.06 Å². The van der Waals surface area contributed by atoms with E-state index < -0.39 is 0 Å². The fourth-order valence-electron chi connectivity index (χ4n) is 2.87. The fraction of sp³-hybridized carbons (Fsp3) is 0.571. The molecule has 2 aliphatic heterocycles. The molecule has 2 saturated heterocycles. The van der Waals surface area contributed by atoms with Gasteiger partial charge < -0.3 is 0 Å². The molecule has 5 nitrogen and oxygen atoms in total. The highest BCUT2D eigenvalue weighted by Gasteiger charge is 2.45. The lowest BCUT2D eigenvalue weighted by Gasteiger charge is -2.37. The standard InChI is InChI=1S/C14H19N3O2/c1-16-13(18)10-14(19-16)5-8-17(9-6-14)11-12-4-2-3-7-15-12/h2-4,7H,5-6,8-11H2,1H3. The Hall–Kier alpha value is -1.46. The fourth-order valence-corrected chi connectivity index (χ4v) is 2.87. The normalized spacial score (nSPS) is 23.2. The molecule has 0 aromatic carbocycles. The molecule has 3 heterocycles. The number of pyridine rings is 1. The molecular formula is C14H19N3O2. The molecule has 0 unspecified atom stereocenters. The monoisotopic (exact) mass is 261 g/mol. The van der Waals surface area contributed by atoms with E-state index in [-0.39, 0.29) is 11.5 Å². The quantitative estimate of drug-likeness (QED) is 0.803. The number of carbonyl (C=O) groups excluding carboxylic acids is 1. The zero-order chi connectivity index (χ0) is 13.3. The van der Waals surface area contributed by atoms with Gasteiger partial charge in [0.2, 0.25) is 5.91 Å². The number of likely N-dealkylation sites (tertiary alicyclic amines) is 1. The van der Waals surface area contributed by atoms with Crippen molar-refractivity contribution in [3.63, 3.8) is 0 Å². The van der Waals surface area contributed by atoms with E-state index in [1.54, 1.807) is 7.05 Å².